The zero-order valence-electron chi connectivity index (χ0n) is 13.3. The van der Waals surface area contributed by atoms with Gasteiger partial charge in [0.05, 0.1) is 0 Å². The fourth-order valence-corrected chi connectivity index (χ4v) is 2.66. The van der Waals surface area contributed by atoms with Crippen molar-refractivity contribution < 1.29 is 47.6 Å². The predicted octanol–water partition coefficient (Wildman–Crippen LogP) is -0.210. The summed E-state index contributed by atoms with van der Waals surface area (Å²) in [4.78, 5) is 3.85. The molecule has 0 fully saturated rings. The molecule has 0 aliphatic carbocycles. The second-order valence-electron chi connectivity index (χ2n) is 4.98. The first kappa shape index (κ1) is 21.6. The van der Waals surface area contributed by atoms with E-state index in [2.05, 4.69) is 11.9 Å². The summed E-state index contributed by atoms with van der Waals surface area (Å²) in [6.07, 6.45) is 8.22. The van der Waals surface area contributed by atoms with Crippen LogP contribution in [-0.4, -0.2) is 25.7 Å². The Hall–Kier alpha value is -0.400. The molecule has 0 aromatic heterocycles. The predicted molar refractivity (Wildman–Crippen MR) is 81.5 cm³/mol. The van der Waals surface area contributed by atoms with Crippen molar-refractivity contribution in [2.45, 2.75) is 50.3 Å². The SMILES string of the molecule is CCCCCCCCN=Cc1cc([O-])ccc1S(=O)(=O)O.[Na+]. The number of rotatable bonds is 9. The molecule has 22 heavy (non-hydrogen) atoms. The maximum Gasteiger partial charge on any atom is 1.00 e. The van der Waals surface area contributed by atoms with Crippen LogP contribution in [0.2, 0.25) is 0 Å². The first-order chi connectivity index (χ1) is 9.95. The first-order valence-electron chi connectivity index (χ1n) is 7.23. The number of hydrogen-bond donors (Lipinski definition) is 1. The number of nitrogens with zero attached hydrogens (tertiary/aromatic N) is 1. The molecule has 7 heteroatoms. The van der Waals surface area contributed by atoms with E-state index >= 15 is 0 Å². The van der Waals surface area contributed by atoms with Gasteiger partial charge in [-0.1, -0.05) is 51.2 Å². The molecular weight excluding hydrogens is 313 g/mol. The smallest absolute Gasteiger partial charge is 0.872 e. The van der Waals surface area contributed by atoms with Crippen LogP contribution in [0.15, 0.2) is 28.1 Å². The minimum atomic E-state index is -4.34. The summed E-state index contributed by atoms with van der Waals surface area (Å²) in [7, 11) is -4.34. The molecule has 0 spiro atoms. The van der Waals surface area contributed by atoms with Crippen molar-refractivity contribution in [1.29, 1.82) is 0 Å². The van der Waals surface area contributed by atoms with Crippen LogP contribution in [0.4, 0.5) is 0 Å². The molecule has 0 saturated carbocycles. The van der Waals surface area contributed by atoms with Crippen LogP contribution in [0.3, 0.4) is 0 Å². The molecule has 0 bridgehead atoms. The molecule has 118 valence electrons. The van der Waals surface area contributed by atoms with Gasteiger partial charge in [-0.15, -0.1) is 5.75 Å². The zero-order chi connectivity index (χ0) is 15.7. The average Bonchev–Trinajstić information content (AvgIpc) is 2.40. The summed E-state index contributed by atoms with van der Waals surface area (Å²) in [5.41, 5.74) is 0.135. The quantitative estimate of drug-likeness (QED) is 0.293. The minimum Gasteiger partial charge on any atom is -0.872 e. The Morgan fingerprint density at radius 3 is 2.45 bits per heavy atom. The normalized spacial score (nSPS) is 11.5. The molecule has 1 N–H and O–H groups in total. The van der Waals surface area contributed by atoms with E-state index in [4.69, 9.17) is 4.55 Å². The molecule has 0 atom stereocenters. The van der Waals surface area contributed by atoms with Crippen molar-refractivity contribution in [1.82, 2.24) is 0 Å². The Morgan fingerprint density at radius 1 is 1.18 bits per heavy atom. The molecule has 0 unspecified atom stereocenters. The second-order valence-corrected chi connectivity index (χ2v) is 6.37. The van der Waals surface area contributed by atoms with Crippen LogP contribution in [0.25, 0.3) is 0 Å². The number of aliphatic imine (C=N–C) groups is 1. The maximum atomic E-state index is 11.3. The van der Waals surface area contributed by atoms with Crippen molar-refractivity contribution >= 4 is 16.3 Å². The molecule has 1 rings (SSSR count). The summed E-state index contributed by atoms with van der Waals surface area (Å²) >= 11 is 0. The van der Waals surface area contributed by atoms with E-state index in [1.807, 2.05) is 0 Å². The van der Waals surface area contributed by atoms with E-state index in [1.165, 1.54) is 31.9 Å². The average molecular weight is 335 g/mol. The van der Waals surface area contributed by atoms with Gasteiger partial charge in [0.2, 0.25) is 0 Å². The summed E-state index contributed by atoms with van der Waals surface area (Å²) in [6, 6.07) is 3.37. The molecule has 0 aliphatic rings. The zero-order valence-corrected chi connectivity index (χ0v) is 16.1. The van der Waals surface area contributed by atoms with Crippen LogP contribution in [0, 0.1) is 0 Å². The van der Waals surface area contributed by atoms with Gasteiger partial charge in [-0.2, -0.15) is 8.42 Å². The van der Waals surface area contributed by atoms with Crippen LogP contribution >= 0.6 is 0 Å². The molecule has 5 nitrogen and oxygen atoms in total. The van der Waals surface area contributed by atoms with Gasteiger partial charge in [0.25, 0.3) is 10.1 Å². The number of hydrogen-bond acceptors (Lipinski definition) is 4. The molecule has 0 heterocycles. The molecule has 0 saturated heterocycles. The Bertz CT molecular complexity index is 573. The standard InChI is InChI=1S/C15H23NO4S.Na/c1-2-3-4-5-6-7-10-16-12-13-11-14(17)8-9-15(13)21(18,19)20;/h8-9,11-12,17H,2-7,10H2,1H3,(H,18,19,20);/q;+1/p-1. The van der Waals surface area contributed by atoms with E-state index < -0.39 is 10.1 Å². The fourth-order valence-electron chi connectivity index (χ4n) is 2.01. The summed E-state index contributed by atoms with van der Waals surface area (Å²) in [5.74, 6) is -0.316. The summed E-state index contributed by atoms with van der Waals surface area (Å²) in [5, 5.41) is 11.3. The van der Waals surface area contributed by atoms with Crippen molar-refractivity contribution in [3.63, 3.8) is 0 Å². The van der Waals surface area contributed by atoms with Gasteiger partial charge in [-0.25, -0.2) is 0 Å². The van der Waals surface area contributed by atoms with E-state index in [0.29, 0.717) is 6.54 Å². The van der Waals surface area contributed by atoms with Crippen molar-refractivity contribution in [3.8, 4) is 5.75 Å². The van der Waals surface area contributed by atoms with Crippen molar-refractivity contribution in [2.24, 2.45) is 4.99 Å². The van der Waals surface area contributed by atoms with E-state index in [-0.39, 0.29) is 45.8 Å². The van der Waals surface area contributed by atoms with E-state index in [1.54, 1.807) is 0 Å². The first-order valence-corrected chi connectivity index (χ1v) is 8.67. The third-order valence-electron chi connectivity index (χ3n) is 3.13. The number of benzene rings is 1. The van der Waals surface area contributed by atoms with Gasteiger partial charge < -0.3 is 5.11 Å². The molecular formula is C15H22NNaO4S. The molecule has 0 aliphatic heterocycles. The Morgan fingerprint density at radius 2 is 1.82 bits per heavy atom. The van der Waals surface area contributed by atoms with Gasteiger partial charge in [-0.05, 0) is 12.5 Å². The van der Waals surface area contributed by atoms with Gasteiger partial charge in [0, 0.05) is 18.3 Å². The maximum absolute atomic E-state index is 11.3. The van der Waals surface area contributed by atoms with Gasteiger partial charge in [-0.3, -0.25) is 9.55 Å². The van der Waals surface area contributed by atoms with Crippen LogP contribution in [-0.2, 0) is 10.1 Å². The Labute approximate surface area is 154 Å². The molecule has 1 aromatic rings. The fraction of sp³-hybridized carbons (Fsp3) is 0.533. The second kappa shape index (κ2) is 11.2. The minimum absolute atomic E-state index is 0. The van der Waals surface area contributed by atoms with Crippen LogP contribution in [0.5, 0.6) is 5.75 Å². The third-order valence-corrected chi connectivity index (χ3v) is 4.06. The number of unbranched alkanes of at least 4 members (excludes halogenated alkanes) is 5. The molecule has 0 amide bonds. The van der Waals surface area contributed by atoms with Gasteiger partial charge in [0.15, 0.2) is 0 Å². The Balaban J connectivity index is 0.00000441. The third kappa shape index (κ3) is 8.29. The summed E-state index contributed by atoms with van der Waals surface area (Å²) < 4.78 is 31.5. The van der Waals surface area contributed by atoms with E-state index in [0.717, 1.165) is 31.0 Å². The monoisotopic (exact) mass is 335 g/mol. The van der Waals surface area contributed by atoms with Crippen molar-refractivity contribution in [2.75, 3.05) is 6.54 Å². The van der Waals surface area contributed by atoms with E-state index in [9.17, 15) is 13.5 Å². The van der Waals surface area contributed by atoms with Crippen LogP contribution < -0.4 is 34.7 Å². The van der Waals surface area contributed by atoms with Gasteiger partial charge >= 0.3 is 29.6 Å². The largest absolute Gasteiger partial charge is 1.00 e. The molecule has 0 radical (unpaired) electrons. The van der Waals surface area contributed by atoms with Gasteiger partial charge in [0.1, 0.15) is 4.90 Å². The van der Waals surface area contributed by atoms with Crippen molar-refractivity contribution in [3.05, 3.63) is 23.8 Å². The van der Waals surface area contributed by atoms with Crippen LogP contribution in [0.1, 0.15) is 51.0 Å². The summed E-state index contributed by atoms with van der Waals surface area (Å²) in [6.45, 7) is 2.75. The Kier molecular flexibility index (Phi) is 11.0. The topological polar surface area (TPSA) is 89.8 Å². The molecule has 1 aromatic carbocycles.